The van der Waals surface area contributed by atoms with Crippen LogP contribution in [0.25, 0.3) is 6.08 Å². The molecule has 0 saturated carbocycles. The van der Waals surface area contributed by atoms with Crippen LogP contribution in [0.4, 0.5) is 0 Å². The molecular weight excluding hydrogens is 180 g/mol. The molecule has 1 aliphatic carbocycles. The minimum absolute atomic E-state index is 0.666. The highest BCUT2D eigenvalue weighted by atomic mass is 14.1. The molecule has 0 aromatic heterocycles. The SMILES string of the molecule is C/C(=C\c1ccccc1)[C@H]1C=CCCC1. The van der Waals surface area contributed by atoms with Crippen molar-refractivity contribution < 1.29 is 0 Å². The molecule has 1 aromatic rings. The zero-order chi connectivity index (χ0) is 10.5. The van der Waals surface area contributed by atoms with E-state index in [2.05, 4.69) is 55.5 Å². The standard InChI is InChI=1S/C15H18/c1-13(15-10-6-3-7-11-15)12-14-8-4-2-5-9-14/h2,4-6,8-10,12,15H,3,7,11H2,1H3/b13-12+/t15-/m0/s1. The Hall–Kier alpha value is -1.30. The lowest BCUT2D eigenvalue weighted by atomic mass is 9.89. The predicted molar refractivity (Wildman–Crippen MR) is 66.6 cm³/mol. The third-order valence-corrected chi connectivity index (χ3v) is 3.03. The van der Waals surface area contributed by atoms with E-state index >= 15 is 0 Å². The number of rotatable bonds is 2. The highest BCUT2D eigenvalue weighted by Gasteiger charge is 2.09. The Balaban J connectivity index is 2.13. The van der Waals surface area contributed by atoms with Crippen LogP contribution in [0.15, 0.2) is 48.1 Å². The average molecular weight is 198 g/mol. The fourth-order valence-corrected chi connectivity index (χ4v) is 2.11. The van der Waals surface area contributed by atoms with E-state index in [1.807, 2.05) is 0 Å². The molecule has 0 bridgehead atoms. The molecular formula is C15H18. The highest BCUT2D eigenvalue weighted by molar-refractivity contribution is 5.53. The minimum atomic E-state index is 0.666. The second kappa shape index (κ2) is 4.97. The lowest BCUT2D eigenvalue weighted by Gasteiger charge is -2.17. The molecule has 0 heteroatoms. The summed E-state index contributed by atoms with van der Waals surface area (Å²) in [5.41, 5.74) is 2.80. The van der Waals surface area contributed by atoms with Gasteiger partial charge in [-0.25, -0.2) is 0 Å². The van der Waals surface area contributed by atoms with Gasteiger partial charge in [-0.05, 0) is 37.7 Å². The largest absolute Gasteiger partial charge is 0.0879 e. The number of benzene rings is 1. The van der Waals surface area contributed by atoms with Gasteiger partial charge in [-0.2, -0.15) is 0 Å². The summed E-state index contributed by atoms with van der Waals surface area (Å²) in [5, 5.41) is 0. The summed E-state index contributed by atoms with van der Waals surface area (Å²) in [7, 11) is 0. The topological polar surface area (TPSA) is 0 Å². The summed E-state index contributed by atoms with van der Waals surface area (Å²) in [5.74, 6) is 0.666. The van der Waals surface area contributed by atoms with E-state index in [1.54, 1.807) is 0 Å². The summed E-state index contributed by atoms with van der Waals surface area (Å²) >= 11 is 0. The lowest BCUT2D eigenvalue weighted by Crippen LogP contribution is -2.01. The van der Waals surface area contributed by atoms with Crippen molar-refractivity contribution in [3.63, 3.8) is 0 Å². The fraction of sp³-hybridized carbons (Fsp3) is 0.333. The van der Waals surface area contributed by atoms with Gasteiger partial charge in [-0.1, -0.05) is 54.1 Å². The van der Waals surface area contributed by atoms with Gasteiger partial charge >= 0.3 is 0 Å². The summed E-state index contributed by atoms with van der Waals surface area (Å²) in [6.07, 6.45) is 10.9. The van der Waals surface area contributed by atoms with Crippen LogP contribution in [-0.4, -0.2) is 0 Å². The zero-order valence-electron chi connectivity index (χ0n) is 9.32. The minimum Gasteiger partial charge on any atom is -0.0879 e. The molecule has 1 aromatic carbocycles. The fourth-order valence-electron chi connectivity index (χ4n) is 2.11. The van der Waals surface area contributed by atoms with Gasteiger partial charge in [0.1, 0.15) is 0 Å². The molecule has 15 heavy (non-hydrogen) atoms. The van der Waals surface area contributed by atoms with E-state index in [0.29, 0.717) is 5.92 Å². The molecule has 0 heterocycles. The van der Waals surface area contributed by atoms with Crippen LogP contribution in [0.5, 0.6) is 0 Å². The van der Waals surface area contributed by atoms with Crippen molar-refractivity contribution in [2.45, 2.75) is 26.2 Å². The Bertz CT molecular complexity index is 357. The normalized spacial score (nSPS) is 21.7. The first-order chi connectivity index (χ1) is 7.36. The third-order valence-electron chi connectivity index (χ3n) is 3.03. The second-order valence-electron chi connectivity index (χ2n) is 4.26. The van der Waals surface area contributed by atoms with Crippen LogP contribution in [0.3, 0.4) is 0 Å². The Labute approximate surface area is 92.3 Å². The maximum Gasteiger partial charge on any atom is -0.00226 e. The van der Waals surface area contributed by atoms with Gasteiger partial charge in [0, 0.05) is 0 Å². The van der Waals surface area contributed by atoms with Gasteiger partial charge in [0.25, 0.3) is 0 Å². The molecule has 0 aliphatic heterocycles. The van der Waals surface area contributed by atoms with Crippen molar-refractivity contribution in [1.29, 1.82) is 0 Å². The van der Waals surface area contributed by atoms with Crippen LogP contribution >= 0.6 is 0 Å². The van der Waals surface area contributed by atoms with E-state index in [9.17, 15) is 0 Å². The number of hydrogen-bond acceptors (Lipinski definition) is 0. The molecule has 1 atom stereocenters. The molecule has 2 rings (SSSR count). The molecule has 0 spiro atoms. The molecule has 0 radical (unpaired) electrons. The van der Waals surface area contributed by atoms with Crippen LogP contribution in [-0.2, 0) is 0 Å². The van der Waals surface area contributed by atoms with Gasteiger partial charge in [0.2, 0.25) is 0 Å². The van der Waals surface area contributed by atoms with Crippen molar-refractivity contribution in [2.24, 2.45) is 5.92 Å². The number of allylic oxidation sites excluding steroid dienone is 3. The third kappa shape index (κ3) is 2.82. The van der Waals surface area contributed by atoms with E-state index in [1.165, 1.54) is 30.4 Å². The predicted octanol–water partition coefficient (Wildman–Crippen LogP) is 4.45. The summed E-state index contributed by atoms with van der Waals surface area (Å²) in [6.45, 7) is 2.24. The Morgan fingerprint density at radius 3 is 2.73 bits per heavy atom. The quantitative estimate of drug-likeness (QED) is 0.616. The molecule has 78 valence electrons. The first-order valence-electron chi connectivity index (χ1n) is 5.76. The monoisotopic (exact) mass is 198 g/mol. The van der Waals surface area contributed by atoms with Gasteiger partial charge in [0.15, 0.2) is 0 Å². The van der Waals surface area contributed by atoms with E-state index < -0.39 is 0 Å². The van der Waals surface area contributed by atoms with E-state index in [4.69, 9.17) is 0 Å². The van der Waals surface area contributed by atoms with Crippen molar-refractivity contribution in [3.8, 4) is 0 Å². The molecule has 0 unspecified atom stereocenters. The van der Waals surface area contributed by atoms with Gasteiger partial charge in [-0.3, -0.25) is 0 Å². The second-order valence-corrected chi connectivity index (χ2v) is 4.26. The highest BCUT2D eigenvalue weighted by Crippen LogP contribution is 2.25. The smallest absolute Gasteiger partial charge is 0.00226 e. The Kier molecular flexibility index (Phi) is 3.39. The zero-order valence-corrected chi connectivity index (χ0v) is 9.32. The first-order valence-corrected chi connectivity index (χ1v) is 5.76. The summed E-state index contributed by atoms with van der Waals surface area (Å²) < 4.78 is 0. The van der Waals surface area contributed by atoms with Crippen molar-refractivity contribution >= 4 is 6.08 Å². The van der Waals surface area contributed by atoms with E-state index in [-0.39, 0.29) is 0 Å². The van der Waals surface area contributed by atoms with Crippen LogP contribution in [0, 0.1) is 5.92 Å². The molecule has 1 aliphatic rings. The van der Waals surface area contributed by atoms with Crippen LogP contribution in [0.1, 0.15) is 31.7 Å². The van der Waals surface area contributed by atoms with Crippen molar-refractivity contribution in [3.05, 3.63) is 53.6 Å². The first kappa shape index (κ1) is 10.2. The summed E-state index contributed by atoms with van der Waals surface area (Å²) in [6, 6.07) is 10.6. The lowest BCUT2D eigenvalue weighted by molar-refractivity contribution is 0.608. The molecule has 0 amide bonds. The molecule has 0 fully saturated rings. The number of hydrogen-bond donors (Lipinski definition) is 0. The molecule has 0 nitrogen and oxygen atoms in total. The van der Waals surface area contributed by atoms with E-state index in [0.717, 1.165) is 0 Å². The van der Waals surface area contributed by atoms with Crippen LogP contribution < -0.4 is 0 Å². The summed E-state index contributed by atoms with van der Waals surface area (Å²) in [4.78, 5) is 0. The molecule has 0 N–H and O–H groups in total. The van der Waals surface area contributed by atoms with Crippen LogP contribution in [0.2, 0.25) is 0 Å². The Morgan fingerprint density at radius 1 is 1.27 bits per heavy atom. The van der Waals surface area contributed by atoms with Crippen molar-refractivity contribution in [1.82, 2.24) is 0 Å². The molecule has 0 saturated heterocycles. The maximum absolute atomic E-state index is 2.36. The van der Waals surface area contributed by atoms with Gasteiger partial charge in [0.05, 0.1) is 0 Å². The van der Waals surface area contributed by atoms with Gasteiger partial charge < -0.3 is 0 Å². The average Bonchev–Trinajstić information content (AvgIpc) is 2.31. The maximum atomic E-state index is 2.36. The van der Waals surface area contributed by atoms with Gasteiger partial charge in [-0.15, -0.1) is 0 Å². The Morgan fingerprint density at radius 2 is 2.07 bits per heavy atom. The van der Waals surface area contributed by atoms with Crippen molar-refractivity contribution in [2.75, 3.05) is 0 Å².